The number of ether oxygens (including phenoxy) is 1. The minimum atomic E-state index is -0.0525. The topological polar surface area (TPSA) is 65.1 Å². The Morgan fingerprint density at radius 1 is 1.42 bits per heavy atom. The third kappa shape index (κ3) is 4.27. The predicted octanol–water partition coefficient (Wildman–Crippen LogP) is 2.77. The van der Waals surface area contributed by atoms with E-state index in [2.05, 4.69) is 40.3 Å². The summed E-state index contributed by atoms with van der Waals surface area (Å²) in [7, 11) is 0. The van der Waals surface area contributed by atoms with Crippen molar-refractivity contribution in [3.63, 3.8) is 0 Å². The number of rotatable bonds is 9. The lowest BCUT2D eigenvalue weighted by Gasteiger charge is -2.27. The van der Waals surface area contributed by atoms with Crippen LogP contribution < -0.4 is 11.3 Å². The van der Waals surface area contributed by atoms with Crippen LogP contribution in [0.3, 0.4) is 0 Å². The molecule has 1 aromatic rings. The fraction of sp³-hybridized carbons (Fsp3) is 0.769. The van der Waals surface area contributed by atoms with Gasteiger partial charge in [0.15, 0.2) is 0 Å². The molecule has 19 heavy (non-hydrogen) atoms. The molecule has 110 valence electrons. The molecule has 0 aliphatic rings. The summed E-state index contributed by atoms with van der Waals surface area (Å²) in [5.41, 5.74) is 3.96. The van der Waals surface area contributed by atoms with E-state index in [0.29, 0.717) is 6.61 Å². The van der Waals surface area contributed by atoms with Gasteiger partial charge in [-0.3, -0.25) is 10.5 Å². The van der Waals surface area contributed by atoms with E-state index in [4.69, 9.17) is 10.6 Å². The Morgan fingerprint density at radius 2 is 2.16 bits per heavy atom. The van der Waals surface area contributed by atoms with Gasteiger partial charge in [0.25, 0.3) is 0 Å². The van der Waals surface area contributed by atoms with Crippen LogP contribution in [-0.4, -0.2) is 22.5 Å². The summed E-state index contributed by atoms with van der Waals surface area (Å²) >= 11 is 3.56. The molecule has 0 bridgehead atoms. The van der Waals surface area contributed by atoms with Crippen molar-refractivity contribution in [2.45, 2.75) is 58.7 Å². The number of halogens is 1. The molecular weight excluding hydrogens is 308 g/mol. The maximum Gasteiger partial charge on any atom is 0.0901 e. The molecule has 2 unspecified atom stereocenters. The zero-order valence-electron chi connectivity index (χ0n) is 12.0. The molecule has 0 saturated heterocycles. The van der Waals surface area contributed by atoms with Crippen molar-refractivity contribution in [3.05, 3.63) is 16.4 Å². The van der Waals surface area contributed by atoms with Crippen LogP contribution in [0, 0.1) is 0 Å². The van der Waals surface area contributed by atoms with Crippen LogP contribution in [0.25, 0.3) is 0 Å². The summed E-state index contributed by atoms with van der Waals surface area (Å²) in [6.07, 6.45) is 4.94. The molecule has 1 rings (SSSR count). The standard InChI is InChI=1S/C13H25BrN4O/c1-4-7-11(19-6-3)12(17-15)13-10(14)9-16-18(13)8-5-2/h9,11-12,17H,4-8,15H2,1-3H3. The van der Waals surface area contributed by atoms with Crippen molar-refractivity contribution in [2.75, 3.05) is 6.61 Å². The van der Waals surface area contributed by atoms with Crippen LogP contribution in [0.15, 0.2) is 10.7 Å². The molecule has 0 aromatic carbocycles. The van der Waals surface area contributed by atoms with Crippen molar-refractivity contribution >= 4 is 15.9 Å². The first-order valence-electron chi connectivity index (χ1n) is 6.98. The second kappa shape index (κ2) is 8.68. The highest BCUT2D eigenvalue weighted by atomic mass is 79.9. The van der Waals surface area contributed by atoms with Crippen LogP contribution >= 0.6 is 15.9 Å². The highest BCUT2D eigenvalue weighted by Gasteiger charge is 2.27. The Kier molecular flexibility index (Phi) is 7.60. The van der Waals surface area contributed by atoms with Crippen LogP contribution in [0.1, 0.15) is 51.8 Å². The number of nitrogens with zero attached hydrogens (tertiary/aromatic N) is 2. The van der Waals surface area contributed by atoms with Crippen LogP contribution in [0.2, 0.25) is 0 Å². The van der Waals surface area contributed by atoms with E-state index in [-0.39, 0.29) is 12.1 Å². The Balaban J connectivity index is 3.02. The molecule has 0 saturated carbocycles. The fourth-order valence-electron chi connectivity index (χ4n) is 2.28. The summed E-state index contributed by atoms with van der Waals surface area (Å²) in [6, 6.07) is -0.0525. The number of aromatic nitrogens is 2. The van der Waals surface area contributed by atoms with Gasteiger partial charge in [0.1, 0.15) is 0 Å². The van der Waals surface area contributed by atoms with Gasteiger partial charge in [-0.15, -0.1) is 0 Å². The predicted molar refractivity (Wildman–Crippen MR) is 80.6 cm³/mol. The number of aryl methyl sites for hydroxylation is 1. The van der Waals surface area contributed by atoms with Crippen molar-refractivity contribution in [1.82, 2.24) is 15.2 Å². The summed E-state index contributed by atoms with van der Waals surface area (Å²) < 4.78 is 8.82. The van der Waals surface area contributed by atoms with E-state index in [0.717, 1.165) is 36.0 Å². The molecule has 6 heteroatoms. The lowest BCUT2D eigenvalue weighted by molar-refractivity contribution is 0.0251. The molecule has 2 atom stereocenters. The highest BCUT2D eigenvalue weighted by Crippen LogP contribution is 2.28. The first kappa shape index (κ1) is 16.6. The minimum Gasteiger partial charge on any atom is -0.376 e. The van der Waals surface area contributed by atoms with Crippen LogP contribution in [0.4, 0.5) is 0 Å². The minimum absolute atomic E-state index is 0.0525. The van der Waals surface area contributed by atoms with E-state index < -0.39 is 0 Å². The molecule has 1 heterocycles. The van der Waals surface area contributed by atoms with Gasteiger partial charge in [0.2, 0.25) is 0 Å². The van der Waals surface area contributed by atoms with Gasteiger partial charge in [-0.05, 0) is 35.7 Å². The first-order chi connectivity index (χ1) is 9.19. The first-order valence-corrected chi connectivity index (χ1v) is 7.77. The van der Waals surface area contributed by atoms with Gasteiger partial charge in [0.05, 0.1) is 28.5 Å². The molecule has 0 spiro atoms. The fourth-order valence-corrected chi connectivity index (χ4v) is 2.82. The van der Waals surface area contributed by atoms with E-state index >= 15 is 0 Å². The Hall–Kier alpha value is -0.430. The quantitative estimate of drug-likeness (QED) is 0.539. The maximum atomic E-state index is 5.84. The van der Waals surface area contributed by atoms with Gasteiger partial charge < -0.3 is 4.74 Å². The van der Waals surface area contributed by atoms with Crippen LogP contribution in [0.5, 0.6) is 0 Å². The molecule has 0 radical (unpaired) electrons. The SMILES string of the molecule is CCCC(OCC)C(NN)c1c(Br)cnn1CCC. The summed E-state index contributed by atoms with van der Waals surface area (Å²) in [6.45, 7) is 7.86. The van der Waals surface area contributed by atoms with Crippen molar-refractivity contribution < 1.29 is 4.74 Å². The van der Waals surface area contributed by atoms with Gasteiger partial charge in [-0.1, -0.05) is 20.3 Å². The molecule has 3 N–H and O–H groups in total. The van der Waals surface area contributed by atoms with E-state index in [9.17, 15) is 0 Å². The molecule has 0 fully saturated rings. The number of hydrogen-bond donors (Lipinski definition) is 2. The van der Waals surface area contributed by atoms with Crippen LogP contribution in [-0.2, 0) is 11.3 Å². The van der Waals surface area contributed by atoms with Crippen molar-refractivity contribution in [2.24, 2.45) is 5.84 Å². The zero-order valence-corrected chi connectivity index (χ0v) is 13.6. The average Bonchev–Trinajstić information content (AvgIpc) is 2.74. The molecule has 0 aliphatic heterocycles. The summed E-state index contributed by atoms with van der Waals surface area (Å²) in [4.78, 5) is 0. The highest BCUT2D eigenvalue weighted by molar-refractivity contribution is 9.10. The zero-order chi connectivity index (χ0) is 14.3. The normalized spacial score (nSPS) is 14.6. The van der Waals surface area contributed by atoms with Gasteiger partial charge in [-0.25, -0.2) is 5.43 Å². The Bertz CT molecular complexity index is 364. The smallest absolute Gasteiger partial charge is 0.0901 e. The monoisotopic (exact) mass is 332 g/mol. The second-order valence-electron chi connectivity index (χ2n) is 4.53. The third-order valence-electron chi connectivity index (χ3n) is 3.07. The molecular formula is C13H25BrN4O. The molecule has 0 aliphatic carbocycles. The summed E-state index contributed by atoms with van der Waals surface area (Å²) in [5.74, 6) is 5.77. The molecule has 0 amide bonds. The molecule has 1 aromatic heterocycles. The average molecular weight is 333 g/mol. The van der Waals surface area contributed by atoms with E-state index in [1.807, 2.05) is 17.8 Å². The lowest BCUT2D eigenvalue weighted by Crippen LogP contribution is -2.39. The number of hydrogen-bond acceptors (Lipinski definition) is 4. The van der Waals surface area contributed by atoms with Crippen molar-refractivity contribution in [1.29, 1.82) is 0 Å². The Morgan fingerprint density at radius 3 is 2.68 bits per heavy atom. The maximum absolute atomic E-state index is 5.84. The van der Waals surface area contributed by atoms with Gasteiger partial charge in [-0.2, -0.15) is 5.10 Å². The number of nitrogens with one attached hydrogen (secondary N) is 1. The van der Waals surface area contributed by atoms with Crippen molar-refractivity contribution in [3.8, 4) is 0 Å². The molecule has 5 nitrogen and oxygen atoms in total. The Labute approximate surface area is 124 Å². The number of nitrogens with two attached hydrogens (primary N) is 1. The third-order valence-corrected chi connectivity index (χ3v) is 3.68. The van der Waals surface area contributed by atoms with Gasteiger partial charge in [0, 0.05) is 13.2 Å². The second-order valence-corrected chi connectivity index (χ2v) is 5.38. The summed E-state index contributed by atoms with van der Waals surface area (Å²) in [5, 5.41) is 4.40. The number of hydrazine groups is 1. The lowest BCUT2D eigenvalue weighted by atomic mass is 10.0. The largest absolute Gasteiger partial charge is 0.376 e. The van der Waals surface area contributed by atoms with E-state index in [1.54, 1.807) is 0 Å². The van der Waals surface area contributed by atoms with Gasteiger partial charge >= 0.3 is 0 Å². The van der Waals surface area contributed by atoms with E-state index in [1.165, 1.54) is 0 Å².